The summed E-state index contributed by atoms with van der Waals surface area (Å²) in [5, 5.41) is 12.8. The van der Waals surface area contributed by atoms with E-state index in [1.54, 1.807) is 0 Å². The first-order valence-electron chi connectivity index (χ1n) is 10.2. The van der Waals surface area contributed by atoms with Gasteiger partial charge in [-0.15, -0.1) is 10.2 Å². The van der Waals surface area contributed by atoms with Crippen LogP contribution in [0.4, 0.5) is 0 Å². The molecule has 9 heteroatoms. The smallest absolute Gasteiger partial charge is 0.231 e. The number of hydrogen-bond donors (Lipinski definition) is 1. The quantitative estimate of drug-likeness (QED) is 0.387. The van der Waals surface area contributed by atoms with Crippen LogP contribution in [0.5, 0.6) is 11.5 Å². The number of aromatic nitrogens is 3. The molecule has 1 aromatic heterocycles. The topological polar surface area (TPSA) is 78.3 Å². The molecule has 0 saturated heterocycles. The molecule has 166 valence electrons. The van der Waals surface area contributed by atoms with Gasteiger partial charge in [0.15, 0.2) is 22.5 Å². The van der Waals surface area contributed by atoms with Crippen molar-refractivity contribution >= 4 is 29.3 Å². The average molecular weight is 479 g/mol. The molecular weight excluding hydrogens is 460 g/mol. The van der Waals surface area contributed by atoms with Crippen LogP contribution in [0.2, 0.25) is 5.02 Å². The lowest BCUT2D eigenvalue weighted by atomic mass is 10.2. The summed E-state index contributed by atoms with van der Waals surface area (Å²) in [4.78, 5) is 12.5. The summed E-state index contributed by atoms with van der Waals surface area (Å²) in [5.41, 5.74) is 2.60. The van der Waals surface area contributed by atoms with Gasteiger partial charge in [0.2, 0.25) is 12.7 Å². The molecule has 0 aliphatic carbocycles. The van der Waals surface area contributed by atoms with E-state index in [2.05, 4.69) is 15.5 Å². The van der Waals surface area contributed by atoms with Gasteiger partial charge in [-0.1, -0.05) is 59.8 Å². The zero-order valence-electron chi connectivity index (χ0n) is 17.4. The van der Waals surface area contributed by atoms with Gasteiger partial charge >= 0.3 is 0 Å². The van der Waals surface area contributed by atoms with Crippen molar-refractivity contribution in [3.8, 4) is 28.6 Å². The van der Waals surface area contributed by atoms with Gasteiger partial charge in [-0.05, 0) is 42.0 Å². The van der Waals surface area contributed by atoms with Crippen LogP contribution in [0.1, 0.15) is 5.56 Å². The molecular formula is C24H19ClN4O3S. The van der Waals surface area contributed by atoms with Crippen LogP contribution in [0.3, 0.4) is 0 Å². The lowest BCUT2D eigenvalue weighted by Gasteiger charge is -2.11. The van der Waals surface area contributed by atoms with Crippen LogP contribution in [0.25, 0.3) is 17.1 Å². The highest BCUT2D eigenvalue weighted by Crippen LogP contribution is 2.33. The van der Waals surface area contributed by atoms with E-state index in [9.17, 15) is 4.79 Å². The van der Waals surface area contributed by atoms with Crippen LogP contribution in [0, 0.1) is 0 Å². The third-order valence-electron chi connectivity index (χ3n) is 5.02. The van der Waals surface area contributed by atoms with E-state index in [1.165, 1.54) is 11.8 Å². The van der Waals surface area contributed by atoms with Crippen molar-refractivity contribution in [3.63, 3.8) is 0 Å². The Balaban J connectivity index is 1.31. The number of amides is 1. The molecule has 4 aromatic rings. The number of nitrogens with one attached hydrogen (secondary N) is 1. The Bertz CT molecular complexity index is 1300. The summed E-state index contributed by atoms with van der Waals surface area (Å²) in [6.07, 6.45) is 0. The van der Waals surface area contributed by atoms with Crippen molar-refractivity contribution < 1.29 is 14.3 Å². The van der Waals surface area contributed by atoms with Crippen LogP contribution in [-0.2, 0) is 11.3 Å². The van der Waals surface area contributed by atoms with Gasteiger partial charge in [0, 0.05) is 17.8 Å². The predicted molar refractivity (Wildman–Crippen MR) is 127 cm³/mol. The number of fused-ring (bicyclic) bond motifs is 1. The Hall–Kier alpha value is -3.49. The highest BCUT2D eigenvalue weighted by atomic mass is 35.5. The van der Waals surface area contributed by atoms with Crippen molar-refractivity contribution in [2.75, 3.05) is 12.5 Å². The molecule has 0 unspecified atom stereocenters. The Kier molecular flexibility index (Phi) is 6.19. The van der Waals surface area contributed by atoms with Crippen LogP contribution >= 0.6 is 23.4 Å². The molecule has 0 saturated carbocycles. The molecule has 3 aromatic carbocycles. The second-order valence-electron chi connectivity index (χ2n) is 7.21. The normalized spacial score (nSPS) is 12.0. The largest absolute Gasteiger partial charge is 0.454 e. The van der Waals surface area contributed by atoms with E-state index in [0.29, 0.717) is 28.3 Å². The van der Waals surface area contributed by atoms with Gasteiger partial charge in [-0.2, -0.15) is 0 Å². The number of halogens is 1. The number of carbonyl (C=O) groups is 1. The van der Waals surface area contributed by atoms with E-state index in [-0.39, 0.29) is 18.5 Å². The Labute approximate surface area is 199 Å². The van der Waals surface area contributed by atoms with Crippen molar-refractivity contribution in [2.24, 2.45) is 0 Å². The molecule has 5 rings (SSSR count). The number of hydrogen-bond acceptors (Lipinski definition) is 6. The van der Waals surface area contributed by atoms with E-state index in [4.69, 9.17) is 21.1 Å². The fraction of sp³-hybridized carbons (Fsp3) is 0.125. The first-order chi connectivity index (χ1) is 16.2. The van der Waals surface area contributed by atoms with Gasteiger partial charge < -0.3 is 14.8 Å². The number of ether oxygens (including phenoxy) is 2. The van der Waals surface area contributed by atoms with E-state index in [1.807, 2.05) is 77.4 Å². The maximum absolute atomic E-state index is 12.5. The number of thioether (sulfide) groups is 1. The molecule has 1 amide bonds. The minimum atomic E-state index is -0.112. The molecule has 0 radical (unpaired) electrons. The standard InChI is InChI=1S/C24H19ClN4O3S/c25-19-9-5-4-8-18(19)23-27-28-24(29(23)17-6-2-1-3-7-17)33-14-22(30)26-13-16-10-11-20-21(12-16)32-15-31-20/h1-12H,13-15H2,(H,26,30). The zero-order chi connectivity index (χ0) is 22.6. The summed E-state index contributed by atoms with van der Waals surface area (Å²) >= 11 is 7.74. The van der Waals surface area contributed by atoms with Crippen LogP contribution < -0.4 is 14.8 Å². The highest BCUT2D eigenvalue weighted by Gasteiger charge is 2.19. The SMILES string of the molecule is O=C(CSc1nnc(-c2ccccc2Cl)n1-c1ccccc1)NCc1ccc2c(c1)OCO2. The second kappa shape index (κ2) is 9.56. The van der Waals surface area contributed by atoms with Crippen LogP contribution in [0.15, 0.2) is 78.0 Å². The molecule has 33 heavy (non-hydrogen) atoms. The third kappa shape index (κ3) is 4.67. The molecule has 0 fully saturated rings. The molecule has 2 heterocycles. The van der Waals surface area contributed by atoms with Gasteiger partial charge in [0.05, 0.1) is 10.8 Å². The first kappa shape index (κ1) is 21.4. The summed E-state index contributed by atoms with van der Waals surface area (Å²) in [6.45, 7) is 0.617. The maximum atomic E-state index is 12.5. The number of carbonyl (C=O) groups excluding carboxylic acids is 1. The highest BCUT2D eigenvalue weighted by molar-refractivity contribution is 7.99. The minimum Gasteiger partial charge on any atom is -0.454 e. The first-order valence-corrected chi connectivity index (χ1v) is 11.6. The fourth-order valence-corrected chi connectivity index (χ4v) is 4.42. The lowest BCUT2D eigenvalue weighted by Crippen LogP contribution is -2.24. The number of nitrogens with zero attached hydrogens (tertiary/aromatic N) is 3. The zero-order valence-corrected chi connectivity index (χ0v) is 19.0. The van der Waals surface area contributed by atoms with E-state index in [0.717, 1.165) is 22.6 Å². The Morgan fingerprint density at radius 2 is 1.79 bits per heavy atom. The Morgan fingerprint density at radius 1 is 1.00 bits per heavy atom. The molecule has 1 aliphatic heterocycles. The Morgan fingerprint density at radius 3 is 2.64 bits per heavy atom. The molecule has 0 spiro atoms. The predicted octanol–water partition coefficient (Wildman–Crippen LogP) is 4.72. The third-order valence-corrected chi connectivity index (χ3v) is 6.28. The molecule has 1 N–H and O–H groups in total. The summed E-state index contributed by atoms with van der Waals surface area (Å²) < 4.78 is 12.6. The number of benzene rings is 3. The van der Waals surface area contributed by atoms with E-state index >= 15 is 0 Å². The van der Waals surface area contributed by atoms with Crippen LogP contribution in [-0.4, -0.2) is 33.2 Å². The summed E-state index contributed by atoms with van der Waals surface area (Å²) in [6, 6.07) is 22.9. The average Bonchev–Trinajstić information content (AvgIpc) is 3.49. The van der Waals surface area contributed by atoms with Gasteiger partial charge in [-0.3, -0.25) is 9.36 Å². The van der Waals surface area contributed by atoms with Crippen molar-refractivity contribution in [2.45, 2.75) is 11.7 Å². The van der Waals surface area contributed by atoms with Crippen molar-refractivity contribution in [1.29, 1.82) is 0 Å². The van der Waals surface area contributed by atoms with Gasteiger partial charge in [0.1, 0.15) is 0 Å². The maximum Gasteiger partial charge on any atom is 0.231 e. The molecule has 1 aliphatic rings. The fourth-order valence-electron chi connectivity index (χ4n) is 3.42. The molecule has 0 atom stereocenters. The summed E-state index contributed by atoms with van der Waals surface area (Å²) in [7, 11) is 0. The van der Waals surface area contributed by atoms with Gasteiger partial charge in [-0.25, -0.2) is 0 Å². The monoisotopic (exact) mass is 478 g/mol. The minimum absolute atomic E-state index is 0.112. The molecule has 7 nitrogen and oxygen atoms in total. The second-order valence-corrected chi connectivity index (χ2v) is 8.56. The number of para-hydroxylation sites is 1. The van der Waals surface area contributed by atoms with Gasteiger partial charge in [0.25, 0.3) is 0 Å². The lowest BCUT2D eigenvalue weighted by molar-refractivity contribution is -0.118. The number of rotatable bonds is 7. The van der Waals surface area contributed by atoms with Crippen molar-refractivity contribution in [3.05, 3.63) is 83.4 Å². The van der Waals surface area contributed by atoms with Crippen molar-refractivity contribution in [1.82, 2.24) is 20.1 Å². The summed E-state index contributed by atoms with van der Waals surface area (Å²) in [5.74, 6) is 2.11. The molecule has 0 bridgehead atoms. The van der Waals surface area contributed by atoms with E-state index < -0.39 is 0 Å².